The quantitative estimate of drug-likeness (QED) is 0.444. The third-order valence-corrected chi connectivity index (χ3v) is 7.48. The molecule has 1 atom stereocenters. The molecule has 3 fully saturated rings. The van der Waals surface area contributed by atoms with E-state index in [1.54, 1.807) is 66.9 Å². The number of nitrogens with zero attached hydrogens (tertiary/aromatic N) is 3. The third kappa shape index (κ3) is 3.46. The van der Waals surface area contributed by atoms with E-state index in [-0.39, 0.29) is 16.4 Å². The van der Waals surface area contributed by atoms with Crippen LogP contribution in [0.4, 0.5) is 10.6 Å². The molecule has 178 valence electrons. The van der Waals surface area contributed by atoms with Crippen LogP contribution in [0.1, 0.15) is 24.0 Å². The van der Waals surface area contributed by atoms with E-state index in [0.717, 1.165) is 12.8 Å². The average molecular weight is 474 g/mol. The zero-order chi connectivity index (χ0) is 24.0. The van der Waals surface area contributed by atoms with E-state index in [2.05, 4.69) is 15.5 Å². The Hall–Kier alpha value is -3.82. The molecule has 5 heterocycles. The van der Waals surface area contributed by atoms with Crippen LogP contribution in [0.2, 0.25) is 0 Å². The summed E-state index contributed by atoms with van der Waals surface area (Å²) in [4.78, 5) is 27.0. The monoisotopic (exact) mass is 473 g/mol. The van der Waals surface area contributed by atoms with Crippen molar-refractivity contribution in [2.45, 2.75) is 24.5 Å². The number of piperidine rings is 3. The molecular weight excluding hydrogens is 448 g/mol. The predicted molar refractivity (Wildman–Crippen MR) is 124 cm³/mol. The summed E-state index contributed by atoms with van der Waals surface area (Å²) in [6.07, 6.45) is 2.55. The van der Waals surface area contributed by atoms with Crippen LogP contribution in [0, 0.1) is 5.92 Å². The Labute approximate surface area is 201 Å². The number of para-hydroxylation sites is 2. The van der Waals surface area contributed by atoms with Gasteiger partial charge >= 0.3 is 12.0 Å². The highest BCUT2D eigenvalue weighted by Crippen LogP contribution is 2.48. The molecule has 2 amide bonds. The van der Waals surface area contributed by atoms with Crippen LogP contribution in [0.3, 0.4) is 0 Å². The van der Waals surface area contributed by atoms with Crippen molar-refractivity contribution in [1.29, 1.82) is 0 Å². The molecule has 3 aromatic rings. The van der Waals surface area contributed by atoms with Gasteiger partial charge < -0.3 is 14.6 Å². The van der Waals surface area contributed by atoms with Gasteiger partial charge in [-0.25, -0.2) is 14.1 Å². The second-order valence-electron chi connectivity index (χ2n) is 9.40. The number of rotatable bonds is 3. The van der Waals surface area contributed by atoms with Gasteiger partial charge in [-0.3, -0.25) is 5.32 Å². The summed E-state index contributed by atoms with van der Waals surface area (Å²) in [6, 6.07) is 17.1. The van der Waals surface area contributed by atoms with E-state index < -0.39 is 17.7 Å². The zero-order valence-electron chi connectivity index (χ0n) is 19.0. The van der Waals surface area contributed by atoms with Crippen LogP contribution in [0.5, 0.6) is 11.5 Å². The summed E-state index contributed by atoms with van der Waals surface area (Å²) in [5.41, 5.74) is -1.33. The fourth-order valence-corrected chi connectivity index (χ4v) is 5.56. The topological polar surface area (TPSA) is 111 Å². The van der Waals surface area contributed by atoms with Crippen molar-refractivity contribution < 1.29 is 28.7 Å². The smallest absolute Gasteiger partial charge is 0.422 e. The molecule has 9 nitrogen and oxygen atoms in total. The van der Waals surface area contributed by atoms with Gasteiger partial charge in [-0.1, -0.05) is 36.4 Å². The van der Waals surface area contributed by atoms with Crippen LogP contribution in [0.25, 0.3) is 0 Å². The molecule has 0 spiro atoms. The highest BCUT2D eigenvalue weighted by atomic mass is 16.6. The largest absolute Gasteiger partial charge is 0.457 e. The normalized spacial score (nSPS) is 25.5. The number of esters is 1. The molecule has 0 radical (unpaired) electrons. The van der Waals surface area contributed by atoms with Gasteiger partial charge in [-0.15, -0.1) is 5.10 Å². The van der Waals surface area contributed by atoms with Gasteiger partial charge in [0.15, 0.2) is 11.9 Å². The number of amides is 2. The Morgan fingerprint density at radius 1 is 1.00 bits per heavy atom. The van der Waals surface area contributed by atoms with Crippen molar-refractivity contribution in [2.24, 2.45) is 5.92 Å². The number of nitrogens with one attached hydrogen (secondary N) is 1. The molecule has 2 N–H and O–H groups in total. The molecule has 0 saturated carbocycles. The molecule has 9 heteroatoms. The van der Waals surface area contributed by atoms with Crippen molar-refractivity contribution in [3.63, 3.8) is 0 Å². The number of aromatic nitrogens is 2. The van der Waals surface area contributed by atoms with Gasteiger partial charge in [0.1, 0.15) is 18.0 Å². The average Bonchev–Trinajstić information content (AvgIpc) is 2.90. The van der Waals surface area contributed by atoms with Crippen LogP contribution < -0.4 is 10.1 Å². The first-order valence-electron chi connectivity index (χ1n) is 11.8. The van der Waals surface area contributed by atoms with Gasteiger partial charge in [0.25, 0.3) is 0 Å². The summed E-state index contributed by atoms with van der Waals surface area (Å²) >= 11 is 0. The third-order valence-electron chi connectivity index (χ3n) is 7.48. The minimum absolute atomic E-state index is 0.136. The van der Waals surface area contributed by atoms with Crippen molar-refractivity contribution in [2.75, 3.05) is 25.0 Å². The van der Waals surface area contributed by atoms with Crippen molar-refractivity contribution >= 4 is 17.8 Å². The Morgan fingerprint density at radius 2 is 1.66 bits per heavy atom. The van der Waals surface area contributed by atoms with Crippen LogP contribution in [-0.2, 0) is 15.1 Å². The number of aliphatic hydroxyl groups is 1. The summed E-state index contributed by atoms with van der Waals surface area (Å²) < 4.78 is 12.1. The molecule has 1 aromatic heterocycles. The summed E-state index contributed by atoms with van der Waals surface area (Å²) in [5, 5.41) is 22.5. The fourth-order valence-electron chi connectivity index (χ4n) is 5.56. The molecule has 0 aliphatic carbocycles. The van der Waals surface area contributed by atoms with Crippen molar-refractivity contribution in [1.82, 2.24) is 10.2 Å². The first kappa shape index (κ1) is 21.7. The zero-order valence-corrected chi connectivity index (χ0v) is 19.0. The van der Waals surface area contributed by atoms with Crippen molar-refractivity contribution in [3.8, 4) is 11.5 Å². The van der Waals surface area contributed by atoms with E-state index in [0.29, 0.717) is 48.1 Å². The fraction of sp³-hybridized carbons (Fsp3) is 0.308. The summed E-state index contributed by atoms with van der Waals surface area (Å²) in [5.74, 6) is 0.581. The summed E-state index contributed by atoms with van der Waals surface area (Å²) in [6.45, 7) is 1.67. The number of fused-ring (bicyclic) bond motifs is 5. The second kappa shape index (κ2) is 8.14. The van der Waals surface area contributed by atoms with Crippen molar-refractivity contribution in [3.05, 3.63) is 78.0 Å². The number of ether oxygens (including phenoxy) is 2. The lowest BCUT2D eigenvalue weighted by Crippen LogP contribution is -2.68. The Morgan fingerprint density at radius 3 is 2.29 bits per heavy atom. The van der Waals surface area contributed by atoms with Crippen LogP contribution in [0.15, 0.2) is 66.9 Å². The number of anilines is 1. The predicted octanol–water partition coefficient (Wildman–Crippen LogP) is 3.20. The van der Waals surface area contributed by atoms with Gasteiger partial charge in [0, 0.05) is 36.1 Å². The molecule has 3 saturated heterocycles. The van der Waals surface area contributed by atoms with Crippen LogP contribution in [-0.4, -0.2) is 57.5 Å². The molecule has 2 aromatic carbocycles. The number of carbonyl (C=O) groups excluding carboxylic acids is 2. The lowest BCUT2D eigenvalue weighted by atomic mass is 9.81. The SMILES string of the molecule is O=C(OC1C[N+]2(C(=O)Nc3cccnn3)CCC1CC2)C1(O)c2ccccc2Oc2ccccc21. The lowest BCUT2D eigenvalue weighted by Gasteiger charge is -2.49. The minimum Gasteiger partial charge on any atom is -0.457 e. The molecule has 1 unspecified atom stereocenters. The Kier molecular flexibility index (Phi) is 5.05. The van der Waals surface area contributed by atoms with E-state index in [1.807, 2.05) is 0 Å². The second-order valence-corrected chi connectivity index (χ2v) is 9.40. The van der Waals surface area contributed by atoms with Crippen LogP contribution >= 0.6 is 0 Å². The highest BCUT2D eigenvalue weighted by molar-refractivity contribution is 5.88. The first-order chi connectivity index (χ1) is 17.0. The number of hydrogen-bond donors (Lipinski definition) is 2. The molecule has 2 bridgehead atoms. The maximum atomic E-state index is 13.7. The Bertz CT molecular complexity index is 1240. The van der Waals surface area contributed by atoms with Gasteiger partial charge in [-0.05, 0) is 24.3 Å². The van der Waals surface area contributed by atoms with E-state index >= 15 is 0 Å². The summed E-state index contributed by atoms with van der Waals surface area (Å²) in [7, 11) is 0. The van der Waals surface area contributed by atoms with Gasteiger partial charge in [0.2, 0.25) is 5.60 Å². The number of urea groups is 1. The first-order valence-corrected chi connectivity index (χ1v) is 11.8. The standard InChI is InChI=1S/C26H24N4O5/c31-24(26(33)18-6-1-3-8-20(18)34-21-9-4-2-7-19(21)26)35-22-16-30(14-11-17(22)12-15-30)25(32)28-23-10-5-13-27-29-23/h1-10,13,17,22,33H,11-12,14-16H2/p+1. The van der Waals surface area contributed by atoms with E-state index in [1.165, 1.54) is 0 Å². The maximum absolute atomic E-state index is 13.7. The minimum atomic E-state index is -2.01. The number of benzene rings is 2. The molecular formula is C26H25N4O5+. The molecule has 35 heavy (non-hydrogen) atoms. The highest BCUT2D eigenvalue weighted by Gasteiger charge is 2.55. The molecule has 4 aliphatic rings. The number of hydrogen-bond acceptors (Lipinski definition) is 7. The Balaban J connectivity index is 1.28. The maximum Gasteiger partial charge on any atom is 0.422 e. The number of carbonyl (C=O) groups is 2. The molecule has 7 rings (SSSR count). The van der Waals surface area contributed by atoms with E-state index in [9.17, 15) is 14.7 Å². The van der Waals surface area contributed by atoms with Gasteiger partial charge in [-0.2, -0.15) is 5.10 Å². The number of quaternary nitrogens is 1. The molecule has 4 aliphatic heterocycles. The van der Waals surface area contributed by atoms with E-state index in [4.69, 9.17) is 9.47 Å². The van der Waals surface area contributed by atoms with Gasteiger partial charge in [0.05, 0.1) is 13.1 Å². The lowest BCUT2D eigenvalue weighted by molar-refractivity contribution is -0.869.